The van der Waals surface area contributed by atoms with E-state index in [2.05, 4.69) is 9.84 Å². The highest BCUT2D eigenvalue weighted by Crippen LogP contribution is 2.40. The number of guanidine groups is 1. The van der Waals surface area contributed by atoms with Crippen molar-refractivity contribution in [1.29, 1.82) is 0 Å². The monoisotopic (exact) mass is 312 g/mol. The lowest BCUT2D eigenvalue weighted by atomic mass is 9.95. The zero-order valence-electron chi connectivity index (χ0n) is 12.2. The van der Waals surface area contributed by atoms with Crippen LogP contribution < -0.4 is 11.5 Å². The third-order valence-electron chi connectivity index (χ3n) is 3.12. The van der Waals surface area contributed by atoms with Gasteiger partial charge in [0.1, 0.15) is 11.6 Å². The summed E-state index contributed by atoms with van der Waals surface area (Å²) in [7, 11) is 0. The van der Waals surface area contributed by atoms with Gasteiger partial charge >= 0.3 is 0 Å². The number of halogens is 1. The van der Waals surface area contributed by atoms with Gasteiger partial charge in [0.05, 0.1) is 12.1 Å². The van der Waals surface area contributed by atoms with Crippen LogP contribution in [0.5, 0.6) is 5.75 Å². The minimum absolute atomic E-state index is 0.00134. The first-order valence-corrected chi connectivity index (χ1v) is 6.49. The Morgan fingerprint density at radius 2 is 2.00 bits per heavy atom. The maximum Gasteiger partial charge on any atom is 0.283 e. The van der Waals surface area contributed by atoms with Gasteiger partial charge < -0.3 is 16.6 Å². The zero-order valence-corrected chi connectivity index (χ0v) is 12.2. The van der Waals surface area contributed by atoms with E-state index in [0.29, 0.717) is 0 Å². The van der Waals surface area contributed by atoms with Crippen molar-refractivity contribution in [2.75, 3.05) is 0 Å². The third kappa shape index (κ3) is 3.11. The molecular weight excluding hydrogens is 299 g/mol. The largest absolute Gasteiger partial charge is 0.507 e. The molecular formula is C16H13FN4O2. The molecule has 23 heavy (non-hydrogen) atoms. The van der Waals surface area contributed by atoms with Crippen molar-refractivity contribution in [3.63, 3.8) is 0 Å². The Kier molecular flexibility index (Phi) is 4.27. The van der Waals surface area contributed by atoms with Crippen LogP contribution in [0.25, 0.3) is 16.0 Å². The highest BCUT2D eigenvalue weighted by atomic mass is 19.1. The smallest absolute Gasteiger partial charge is 0.283 e. The van der Waals surface area contributed by atoms with Gasteiger partial charge in [0.2, 0.25) is 0 Å². The number of hydrogen-bond donors (Lipinski definition) is 3. The lowest BCUT2D eigenvalue weighted by Crippen LogP contribution is -2.24. The molecule has 5 N–H and O–H groups in total. The molecule has 0 saturated carbocycles. The summed E-state index contributed by atoms with van der Waals surface area (Å²) in [6, 6.07) is 6.71. The summed E-state index contributed by atoms with van der Waals surface area (Å²) in [6.45, 7) is 8.97. The minimum atomic E-state index is -0.955. The first-order valence-electron chi connectivity index (χ1n) is 6.49. The van der Waals surface area contributed by atoms with Crippen molar-refractivity contribution in [2.24, 2.45) is 16.5 Å². The summed E-state index contributed by atoms with van der Waals surface area (Å²) < 4.78 is 14.2. The molecule has 2 aromatic carbocycles. The number of aromatic hydroxyl groups is 1. The number of phenolic OH excluding ortho intramolecular Hbond substituents is 1. The molecule has 2 rings (SSSR count). The average Bonchev–Trinajstić information content (AvgIpc) is 2.48. The van der Waals surface area contributed by atoms with Crippen molar-refractivity contribution >= 4 is 17.6 Å². The molecule has 0 fully saturated rings. The number of carbonyl (C=O) groups is 1. The molecule has 0 atom stereocenters. The Morgan fingerprint density at radius 3 is 2.61 bits per heavy atom. The standard InChI is InChI=1S/C16H13FN4O2/c1-8-3-4-10(17)9(7-8)13-11(20-2)5-6-12(22)14(13)15(23)21-16(18)19/h3-7,22H,1H3,(H4,18,19,21,23). The van der Waals surface area contributed by atoms with E-state index in [-0.39, 0.29) is 22.4 Å². The van der Waals surface area contributed by atoms with E-state index in [1.807, 2.05) is 0 Å². The number of aliphatic imine (C=N–C) groups is 1. The second-order valence-corrected chi connectivity index (χ2v) is 4.79. The van der Waals surface area contributed by atoms with Crippen LogP contribution in [0, 0.1) is 19.3 Å². The van der Waals surface area contributed by atoms with Crippen LogP contribution in [-0.4, -0.2) is 17.0 Å². The molecule has 2 aromatic rings. The van der Waals surface area contributed by atoms with Crippen molar-refractivity contribution in [2.45, 2.75) is 6.92 Å². The van der Waals surface area contributed by atoms with Gasteiger partial charge in [-0.3, -0.25) is 4.79 Å². The molecule has 116 valence electrons. The van der Waals surface area contributed by atoms with Crippen LogP contribution in [0.2, 0.25) is 0 Å². The highest BCUT2D eigenvalue weighted by Gasteiger charge is 2.23. The van der Waals surface area contributed by atoms with Crippen molar-refractivity contribution < 1.29 is 14.3 Å². The molecule has 0 heterocycles. The van der Waals surface area contributed by atoms with Crippen LogP contribution in [0.1, 0.15) is 15.9 Å². The Balaban J connectivity index is 2.88. The summed E-state index contributed by atoms with van der Waals surface area (Å²) in [5.41, 5.74) is 10.7. The van der Waals surface area contributed by atoms with Gasteiger partial charge in [-0.15, -0.1) is 0 Å². The van der Waals surface area contributed by atoms with Crippen molar-refractivity contribution in [1.82, 2.24) is 0 Å². The average molecular weight is 312 g/mol. The molecule has 0 unspecified atom stereocenters. The minimum Gasteiger partial charge on any atom is -0.507 e. The predicted octanol–water partition coefficient (Wildman–Crippen LogP) is 2.47. The summed E-state index contributed by atoms with van der Waals surface area (Å²) in [5.74, 6) is -2.53. The van der Waals surface area contributed by atoms with Crippen LogP contribution >= 0.6 is 0 Å². The molecule has 0 aliphatic rings. The summed E-state index contributed by atoms with van der Waals surface area (Å²) >= 11 is 0. The summed E-state index contributed by atoms with van der Waals surface area (Å²) in [5, 5.41) is 10.0. The number of aryl methyl sites for hydroxylation is 1. The first-order chi connectivity index (χ1) is 10.8. The van der Waals surface area contributed by atoms with Crippen molar-refractivity contribution in [3.05, 3.63) is 58.7 Å². The third-order valence-corrected chi connectivity index (χ3v) is 3.12. The highest BCUT2D eigenvalue weighted by molar-refractivity contribution is 6.10. The van der Waals surface area contributed by atoms with Gasteiger partial charge in [-0.1, -0.05) is 17.7 Å². The molecule has 0 saturated heterocycles. The van der Waals surface area contributed by atoms with Crippen LogP contribution in [0.4, 0.5) is 10.1 Å². The van der Waals surface area contributed by atoms with E-state index < -0.39 is 23.4 Å². The number of hydrogen-bond acceptors (Lipinski definition) is 2. The number of rotatable bonds is 2. The van der Waals surface area contributed by atoms with Gasteiger partial charge in [0.25, 0.3) is 5.91 Å². The topological polar surface area (TPSA) is 106 Å². The first kappa shape index (κ1) is 16.0. The Labute approximate surface area is 131 Å². The van der Waals surface area contributed by atoms with E-state index in [9.17, 15) is 14.3 Å². The number of carbonyl (C=O) groups excluding carboxylic acids is 1. The molecule has 0 aliphatic carbocycles. The fourth-order valence-electron chi connectivity index (χ4n) is 2.17. The maximum atomic E-state index is 14.2. The molecule has 0 spiro atoms. The summed E-state index contributed by atoms with van der Waals surface area (Å²) in [4.78, 5) is 18.9. The number of nitrogens with two attached hydrogens (primary N) is 2. The van der Waals surface area contributed by atoms with E-state index in [1.54, 1.807) is 13.0 Å². The summed E-state index contributed by atoms with van der Waals surface area (Å²) in [6.07, 6.45) is 0. The van der Waals surface area contributed by atoms with E-state index in [4.69, 9.17) is 18.0 Å². The van der Waals surface area contributed by atoms with Crippen LogP contribution in [-0.2, 0) is 0 Å². The molecule has 0 aliphatic heterocycles. The van der Waals surface area contributed by atoms with Crippen LogP contribution in [0.15, 0.2) is 35.3 Å². The van der Waals surface area contributed by atoms with Gasteiger partial charge in [0, 0.05) is 11.1 Å². The molecule has 1 amide bonds. The molecule has 0 radical (unpaired) electrons. The quantitative estimate of drug-likeness (QED) is 0.450. The Hall–Kier alpha value is -3.40. The number of benzene rings is 2. The number of phenols is 1. The SMILES string of the molecule is [C-]#[N+]c1ccc(O)c(C(=O)N=C(N)N)c1-c1cc(C)ccc1F. The molecule has 0 aromatic heterocycles. The number of nitrogens with zero attached hydrogens (tertiary/aromatic N) is 2. The lowest BCUT2D eigenvalue weighted by molar-refractivity contribution is 0.100. The number of amides is 1. The molecule has 6 nitrogen and oxygen atoms in total. The maximum absolute atomic E-state index is 14.2. The second-order valence-electron chi connectivity index (χ2n) is 4.79. The van der Waals surface area contributed by atoms with E-state index in [1.165, 1.54) is 24.3 Å². The molecule has 0 bridgehead atoms. The molecule has 7 heteroatoms. The van der Waals surface area contributed by atoms with Gasteiger partial charge in [-0.05, 0) is 25.1 Å². The normalized spacial score (nSPS) is 9.96. The fraction of sp³-hybridized carbons (Fsp3) is 0.0625. The van der Waals surface area contributed by atoms with Gasteiger partial charge in [-0.25, -0.2) is 9.24 Å². The van der Waals surface area contributed by atoms with Gasteiger partial charge in [0.15, 0.2) is 11.6 Å². The Bertz CT molecular complexity index is 865. The predicted molar refractivity (Wildman–Crippen MR) is 84.6 cm³/mol. The van der Waals surface area contributed by atoms with Gasteiger partial charge in [-0.2, -0.15) is 4.99 Å². The van der Waals surface area contributed by atoms with Crippen molar-refractivity contribution in [3.8, 4) is 16.9 Å². The second kappa shape index (κ2) is 6.15. The van der Waals surface area contributed by atoms with E-state index in [0.717, 1.165) is 5.56 Å². The fourth-order valence-corrected chi connectivity index (χ4v) is 2.17. The Morgan fingerprint density at radius 1 is 1.30 bits per heavy atom. The zero-order chi connectivity index (χ0) is 17.1. The van der Waals surface area contributed by atoms with E-state index >= 15 is 0 Å². The van der Waals surface area contributed by atoms with Crippen LogP contribution in [0.3, 0.4) is 0 Å². The lowest BCUT2D eigenvalue weighted by Gasteiger charge is -2.13.